The van der Waals surface area contributed by atoms with Gasteiger partial charge in [0.25, 0.3) is 0 Å². The van der Waals surface area contributed by atoms with Gasteiger partial charge >= 0.3 is 5.97 Å². The van der Waals surface area contributed by atoms with Gasteiger partial charge in [0, 0.05) is 25.8 Å². The van der Waals surface area contributed by atoms with Crippen molar-refractivity contribution in [2.24, 2.45) is 0 Å². The second kappa shape index (κ2) is 12.6. The first-order valence-electron chi connectivity index (χ1n) is 13.3. The highest BCUT2D eigenvalue weighted by Crippen LogP contribution is 2.30. The number of pyridine rings is 1. The van der Waals surface area contributed by atoms with Crippen molar-refractivity contribution in [3.8, 4) is 0 Å². The lowest BCUT2D eigenvalue weighted by molar-refractivity contribution is -0.157. The number of esters is 1. The van der Waals surface area contributed by atoms with Crippen molar-refractivity contribution in [3.05, 3.63) is 95.2 Å². The van der Waals surface area contributed by atoms with E-state index >= 15 is 0 Å². The number of hydrogen-bond donors (Lipinski definition) is 2. The van der Waals surface area contributed by atoms with E-state index in [0.717, 1.165) is 28.1 Å². The number of nitrogens with one attached hydrogen (secondary N) is 2. The first-order chi connectivity index (χ1) is 18.7. The Kier molecular flexibility index (Phi) is 8.96. The van der Waals surface area contributed by atoms with Gasteiger partial charge in [-0.2, -0.15) is 0 Å². The van der Waals surface area contributed by atoms with Gasteiger partial charge in [-0.15, -0.1) is 0 Å². The zero-order chi connectivity index (χ0) is 27.8. The van der Waals surface area contributed by atoms with Crippen LogP contribution in [0.4, 0.5) is 5.82 Å². The number of ether oxygens (including phenoxy) is 1. The van der Waals surface area contributed by atoms with Crippen LogP contribution in [-0.2, 0) is 38.6 Å². The Morgan fingerprint density at radius 2 is 1.74 bits per heavy atom. The molecule has 2 aromatic carbocycles. The van der Waals surface area contributed by atoms with Gasteiger partial charge in [0.15, 0.2) is 0 Å². The summed E-state index contributed by atoms with van der Waals surface area (Å²) in [7, 11) is 0. The maximum Gasteiger partial charge on any atom is 0.307 e. The van der Waals surface area contributed by atoms with E-state index < -0.39 is 17.5 Å². The third kappa shape index (κ3) is 8.14. The van der Waals surface area contributed by atoms with Crippen LogP contribution in [0.15, 0.2) is 72.9 Å². The van der Waals surface area contributed by atoms with Crippen LogP contribution in [0, 0.1) is 0 Å². The molecule has 0 fully saturated rings. The molecule has 1 aliphatic heterocycles. The molecule has 4 rings (SSSR count). The van der Waals surface area contributed by atoms with Gasteiger partial charge in [0.1, 0.15) is 11.4 Å². The van der Waals surface area contributed by atoms with E-state index in [-0.39, 0.29) is 24.8 Å². The van der Waals surface area contributed by atoms with Gasteiger partial charge in [-0.3, -0.25) is 14.4 Å². The van der Waals surface area contributed by atoms with Crippen molar-refractivity contribution in [2.45, 2.75) is 58.2 Å². The molecule has 0 aliphatic carbocycles. The van der Waals surface area contributed by atoms with Gasteiger partial charge in [0.2, 0.25) is 11.8 Å². The molecule has 1 unspecified atom stereocenters. The zero-order valence-electron chi connectivity index (χ0n) is 22.8. The molecule has 0 bridgehead atoms. The predicted octanol–water partition coefficient (Wildman–Crippen LogP) is 4.21. The van der Waals surface area contributed by atoms with E-state index in [1.54, 1.807) is 31.9 Å². The van der Waals surface area contributed by atoms with Crippen LogP contribution < -0.4 is 10.6 Å². The molecule has 1 aliphatic rings. The summed E-state index contributed by atoms with van der Waals surface area (Å²) < 4.78 is 5.50. The first-order valence-corrected chi connectivity index (χ1v) is 13.3. The fourth-order valence-electron chi connectivity index (χ4n) is 4.66. The van der Waals surface area contributed by atoms with Gasteiger partial charge in [-0.1, -0.05) is 54.6 Å². The summed E-state index contributed by atoms with van der Waals surface area (Å²) in [4.78, 5) is 45.0. The van der Waals surface area contributed by atoms with Crippen molar-refractivity contribution in [1.82, 2.24) is 15.2 Å². The molecule has 2 N–H and O–H groups in total. The van der Waals surface area contributed by atoms with Crippen molar-refractivity contribution >= 4 is 23.6 Å². The van der Waals surface area contributed by atoms with Crippen LogP contribution in [0.2, 0.25) is 0 Å². The lowest BCUT2D eigenvalue weighted by Gasteiger charge is -2.25. The van der Waals surface area contributed by atoms with Gasteiger partial charge in [-0.25, -0.2) is 4.98 Å². The third-order valence-corrected chi connectivity index (χ3v) is 6.44. The predicted molar refractivity (Wildman–Crippen MR) is 150 cm³/mol. The number of benzene rings is 2. The Balaban J connectivity index is 1.36. The fraction of sp³-hybridized carbons (Fsp3) is 0.355. The highest BCUT2D eigenvalue weighted by Gasteiger charge is 2.34. The number of hydrogen-bond acceptors (Lipinski definition) is 6. The number of nitrogens with zero attached hydrogens (tertiary/aromatic N) is 2. The summed E-state index contributed by atoms with van der Waals surface area (Å²) >= 11 is 0. The van der Waals surface area contributed by atoms with E-state index in [4.69, 9.17) is 4.74 Å². The molecule has 0 saturated carbocycles. The number of fused-ring (bicyclic) bond motifs is 1. The SMILES string of the molecule is CC(C)(C)OC(=O)CC1C(=O)N(CC(=O)NCc2cccc(CNc3ccccn3)c2)CCc2ccccc21. The molecule has 1 aromatic heterocycles. The Morgan fingerprint density at radius 1 is 1.00 bits per heavy atom. The molecule has 0 saturated heterocycles. The molecule has 3 aromatic rings. The average Bonchev–Trinajstić information content (AvgIpc) is 3.03. The normalized spacial score (nSPS) is 15.2. The van der Waals surface area contributed by atoms with Crippen molar-refractivity contribution in [3.63, 3.8) is 0 Å². The molecule has 8 nitrogen and oxygen atoms in total. The Bertz CT molecular complexity index is 1300. The minimum absolute atomic E-state index is 0.0649. The van der Waals surface area contributed by atoms with Crippen LogP contribution in [0.5, 0.6) is 0 Å². The average molecular weight is 529 g/mol. The summed E-state index contributed by atoms with van der Waals surface area (Å²) in [6, 6.07) is 21.3. The molecule has 0 radical (unpaired) electrons. The topological polar surface area (TPSA) is 101 Å². The van der Waals surface area contributed by atoms with Gasteiger partial charge in [0.05, 0.1) is 18.9 Å². The lowest BCUT2D eigenvalue weighted by atomic mass is 9.90. The quantitative estimate of drug-likeness (QED) is 0.404. The number of carbonyl (C=O) groups excluding carboxylic acids is 3. The molecule has 2 amide bonds. The lowest BCUT2D eigenvalue weighted by Crippen LogP contribution is -2.43. The summed E-state index contributed by atoms with van der Waals surface area (Å²) in [5, 5.41) is 6.22. The summed E-state index contributed by atoms with van der Waals surface area (Å²) in [5.74, 6) is -0.801. The van der Waals surface area contributed by atoms with Crippen LogP contribution in [0.1, 0.15) is 55.4 Å². The fourth-order valence-corrected chi connectivity index (χ4v) is 4.66. The molecule has 8 heteroatoms. The Hall–Kier alpha value is -4.20. The largest absolute Gasteiger partial charge is 0.460 e. The Labute approximate surface area is 229 Å². The molecule has 0 spiro atoms. The van der Waals surface area contributed by atoms with Crippen molar-refractivity contribution in [1.29, 1.82) is 0 Å². The van der Waals surface area contributed by atoms with Crippen LogP contribution in [0.3, 0.4) is 0 Å². The minimum atomic E-state index is -0.686. The Morgan fingerprint density at radius 3 is 2.49 bits per heavy atom. The molecule has 1 atom stereocenters. The zero-order valence-corrected chi connectivity index (χ0v) is 22.8. The van der Waals surface area contributed by atoms with E-state index in [2.05, 4.69) is 15.6 Å². The van der Waals surface area contributed by atoms with E-state index in [1.165, 1.54) is 0 Å². The van der Waals surface area contributed by atoms with E-state index in [9.17, 15) is 14.4 Å². The van der Waals surface area contributed by atoms with Crippen LogP contribution >= 0.6 is 0 Å². The molecule has 204 valence electrons. The number of amides is 2. The van der Waals surface area contributed by atoms with E-state index in [0.29, 0.717) is 26.1 Å². The minimum Gasteiger partial charge on any atom is -0.460 e. The number of carbonyl (C=O) groups is 3. The molecular weight excluding hydrogens is 492 g/mol. The summed E-state index contributed by atoms with van der Waals surface area (Å²) in [5.41, 5.74) is 3.22. The molecular formula is C31H36N4O4. The van der Waals surface area contributed by atoms with Gasteiger partial charge < -0.3 is 20.3 Å². The molecule has 2 heterocycles. The van der Waals surface area contributed by atoms with Crippen LogP contribution in [-0.4, -0.2) is 46.4 Å². The van der Waals surface area contributed by atoms with Gasteiger partial charge in [-0.05, 0) is 61.6 Å². The number of aromatic nitrogens is 1. The summed E-state index contributed by atoms with van der Waals surface area (Å²) in [6.07, 6.45) is 2.29. The maximum atomic E-state index is 13.6. The highest BCUT2D eigenvalue weighted by atomic mass is 16.6. The van der Waals surface area contributed by atoms with Crippen molar-refractivity contribution in [2.75, 3.05) is 18.4 Å². The van der Waals surface area contributed by atoms with Crippen molar-refractivity contribution < 1.29 is 19.1 Å². The summed E-state index contributed by atoms with van der Waals surface area (Å²) in [6.45, 7) is 6.70. The van der Waals surface area contributed by atoms with Crippen LogP contribution in [0.25, 0.3) is 0 Å². The smallest absolute Gasteiger partial charge is 0.307 e. The third-order valence-electron chi connectivity index (χ3n) is 6.44. The molecule has 39 heavy (non-hydrogen) atoms. The number of rotatable bonds is 9. The second-order valence-corrected chi connectivity index (χ2v) is 10.7. The number of anilines is 1. The highest BCUT2D eigenvalue weighted by molar-refractivity contribution is 5.92. The monoisotopic (exact) mass is 528 g/mol. The maximum absolute atomic E-state index is 13.6. The first kappa shape index (κ1) is 27.8. The van der Waals surface area contributed by atoms with E-state index in [1.807, 2.05) is 66.7 Å². The second-order valence-electron chi connectivity index (χ2n) is 10.7. The standard InChI is InChI=1S/C31H36N4O4/c1-31(2,3)39-29(37)18-26-25-12-5-4-11-24(25)14-16-35(30(26)38)21-28(36)34-20-23-10-8-9-22(17-23)19-33-27-13-6-7-15-32-27/h4-13,15,17,26H,14,16,18-21H2,1-3H3,(H,32,33)(H,34,36).